The number of pyridine rings is 1. The Kier molecular flexibility index (Phi) is 7.17. The Morgan fingerprint density at radius 3 is 2.67 bits per heavy atom. The van der Waals surface area contributed by atoms with Crippen molar-refractivity contribution in [3.8, 4) is 0 Å². The molecule has 164 valence electrons. The molecule has 3 heterocycles. The van der Waals surface area contributed by atoms with Crippen LogP contribution in [0.2, 0.25) is 0 Å². The molecule has 1 aliphatic carbocycles. The van der Waals surface area contributed by atoms with Crippen molar-refractivity contribution < 1.29 is 0 Å². The van der Waals surface area contributed by atoms with Gasteiger partial charge in [0.1, 0.15) is 5.82 Å². The average molecular weight is 413 g/mol. The van der Waals surface area contributed by atoms with E-state index in [1.54, 1.807) is 6.20 Å². The number of aromatic nitrogens is 1. The van der Waals surface area contributed by atoms with Gasteiger partial charge in [-0.1, -0.05) is 38.7 Å². The standard InChI is InChI=1S/C22H36N8/c1-2-29-15-9-12-18(29)16-25-22-28-21(26-17-10-5-3-4-6-11-17)27-20(23)30(22)19-13-7-8-14-24-19/h7-8,13-14,17-18,20H,2-6,9-12,15-16,23H2,1H3,(H2,25,26,27,28). The molecule has 8 nitrogen and oxygen atoms in total. The van der Waals surface area contributed by atoms with E-state index < -0.39 is 6.29 Å². The highest BCUT2D eigenvalue weighted by molar-refractivity contribution is 6.05. The first-order chi connectivity index (χ1) is 14.7. The topological polar surface area (TPSA) is 94.2 Å². The normalized spacial score (nSPS) is 26.1. The molecule has 1 saturated carbocycles. The molecule has 4 rings (SSSR count). The second kappa shape index (κ2) is 10.2. The number of likely N-dealkylation sites (N-methyl/N-ethyl adjacent to an activating group) is 1. The number of nitrogens with two attached hydrogens (primary N) is 1. The summed E-state index contributed by atoms with van der Waals surface area (Å²) >= 11 is 0. The molecule has 0 spiro atoms. The zero-order valence-corrected chi connectivity index (χ0v) is 18.1. The van der Waals surface area contributed by atoms with Gasteiger partial charge in [-0.25, -0.2) is 9.98 Å². The van der Waals surface area contributed by atoms with Crippen molar-refractivity contribution in [1.82, 2.24) is 20.5 Å². The van der Waals surface area contributed by atoms with Gasteiger partial charge in [0.25, 0.3) is 0 Å². The van der Waals surface area contributed by atoms with Crippen LogP contribution in [0.5, 0.6) is 0 Å². The summed E-state index contributed by atoms with van der Waals surface area (Å²) < 4.78 is 0. The SMILES string of the molecule is CCN1CCCC1CNC1=NC(NC2CCCCCC2)=NC(N)N1c1ccccn1. The van der Waals surface area contributed by atoms with E-state index in [9.17, 15) is 0 Å². The predicted octanol–water partition coefficient (Wildman–Crippen LogP) is 2.24. The molecule has 1 aromatic rings. The first kappa shape index (κ1) is 21.1. The van der Waals surface area contributed by atoms with Crippen LogP contribution in [0.4, 0.5) is 5.82 Å². The molecular formula is C22H36N8. The maximum absolute atomic E-state index is 6.49. The highest BCUT2D eigenvalue weighted by atomic mass is 15.5. The summed E-state index contributed by atoms with van der Waals surface area (Å²) in [6.45, 7) is 5.33. The van der Waals surface area contributed by atoms with Gasteiger partial charge < -0.3 is 10.6 Å². The van der Waals surface area contributed by atoms with Crippen LogP contribution in [-0.4, -0.2) is 59.8 Å². The molecule has 2 aliphatic heterocycles. The second-order valence-corrected chi connectivity index (χ2v) is 8.50. The molecule has 8 heteroatoms. The van der Waals surface area contributed by atoms with Gasteiger partial charge in [0, 0.05) is 24.8 Å². The van der Waals surface area contributed by atoms with Crippen LogP contribution in [0.1, 0.15) is 58.3 Å². The minimum absolute atomic E-state index is 0.426. The van der Waals surface area contributed by atoms with E-state index >= 15 is 0 Å². The molecule has 0 radical (unpaired) electrons. The number of nitrogens with zero attached hydrogens (tertiary/aromatic N) is 5. The molecule has 0 aromatic carbocycles. The molecule has 1 aromatic heterocycles. The Morgan fingerprint density at radius 1 is 1.10 bits per heavy atom. The van der Waals surface area contributed by atoms with Gasteiger partial charge in [0.05, 0.1) is 0 Å². The lowest BCUT2D eigenvalue weighted by Crippen LogP contribution is -2.57. The molecule has 3 aliphatic rings. The van der Waals surface area contributed by atoms with Gasteiger partial charge >= 0.3 is 0 Å². The largest absolute Gasteiger partial charge is 0.354 e. The van der Waals surface area contributed by atoms with Crippen LogP contribution in [0.3, 0.4) is 0 Å². The highest BCUT2D eigenvalue weighted by Crippen LogP contribution is 2.20. The molecule has 0 bridgehead atoms. The molecule has 30 heavy (non-hydrogen) atoms. The van der Waals surface area contributed by atoms with Crippen LogP contribution in [0.25, 0.3) is 0 Å². The fourth-order valence-corrected chi connectivity index (χ4v) is 4.78. The molecule has 2 atom stereocenters. The number of hydrogen-bond acceptors (Lipinski definition) is 8. The van der Waals surface area contributed by atoms with Crippen molar-refractivity contribution in [3.05, 3.63) is 24.4 Å². The number of hydrogen-bond donors (Lipinski definition) is 3. The first-order valence-electron chi connectivity index (χ1n) is 11.6. The quantitative estimate of drug-likeness (QED) is 0.642. The van der Waals surface area contributed by atoms with Crippen LogP contribution >= 0.6 is 0 Å². The Hall–Kier alpha value is -2.19. The van der Waals surface area contributed by atoms with Gasteiger partial charge in [-0.15, -0.1) is 0 Å². The van der Waals surface area contributed by atoms with Crippen LogP contribution in [0.15, 0.2) is 34.4 Å². The van der Waals surface area contributed by atoms with Gasteiger partial charge in [-0.05, 0) is 50.9 Å². The highest BCUT2D eigenvalue weighted by Gasteiger charge is 2.29. The summed E-state index contributed by atoms with van der Waals surface area (Å²) in [5.41, 5.74) is 6.49. The lowest BCUT2D eigenvalue weighted by atomic mass is 10.1. The second-order valence-electron chi connectivity index (χ2n) is 8.50. The average Bonchev–Trinajstić information content (AvgIpc) is 3.07. The summed E-state index contributed by atoms with van der Waals surface area (Å²) in [6, 6.07) is 6.77. The van der Waals surface area contributed by atoms with E-state index in [2.05, 4.69) is 32.4 Å². The lowest BCUT2D eigenvalue weighted by molar-refractivity contribution is 0.267. The van der Waals surface area contributed by atoms with Gasteiger partial charge in [-0.3, -0.25) is 15.5 Å². The molecule has 0 amide bonds. The number of rotatable bonds is 5. The van der Waals surface area contributed by atoms with Crippen molar-refractivity contribution in [2.75, 3.05) is 24.5 Å². The van der Waals surface area contributed by atoms with Crippen LogP contribution in [0, 0.1) is 0 Å². The Bertz CT molecular complexity index is 726. The summed E-state index contributed by atoms with van der Waals surface area (Å²) in [5.74, 6) is 2.13. The molecule has 2 fully saturated rings. The third kappa shape index (κ3) is 5.10. The number of aliphatic imine (C=N–C) groups is 2. The van der Waals surface area contributed by atoms with E-state index in [1.807, 2.05) is 23.1 Å². The maximum Gasteiger partial charge on any atom is 0.224 e. The van der Waals surface area contributed by atoms with Crippen molar-refractivity contribution in [2.45, 2.75) is 76.7 Å². The van der Waals surface area contributed by atoms with E-state index in [1.165, 1.54) is 57.9 Å². The van der Waals surface area contributed by atoms with Crippen molar-refractivity contribution in [3.63, 3.8) is 0 Å². The Morgan fingerprint density at radius 2 is 1.93 bits per heavy atom. The third-order valence-corrected chi connectivity index (χ3v) is 6.44. The van der Waals surface area contributed by atoms with Crippen molar-refractivity contribution in [2.24, 2.45) is 15.7 Å². The van der Waals surface area contributed by atoms with E-state index in [0.29, 0.717) is 18.0 Å². The summed E-state index contributed by atoms with van der Waals surface area (Å²) in [5, 5.41) is 7.14. The minimum atomic E-state index is -0.556. The zero-order valence-electron chi connectivity index (χ0n) is 18.1. The van der Waals surface area contributed by atoms with Crippen LogP contribution in [-0.2, 0) is 0 Å². The molecule has 2 unspecified atom stereocenters. The van der Waals surface area contributed by atoms with Crippen molar-refractivity contribution in [1.29, 1.82) is 0 Å². The first-order valence-corrected chi connectivity index (χ1v) is 11.6. The number of anilines is 1. The summed E-state index contributed by atoms with van der Waals surface area (Å²) in [6.07, 6.45) is 11.2. The van der Waals surface area contributed by atoms with Gasteiger partial charge in [-0.2, -0.15) is 4.99 Å². The number of likely N-dealkylation sites (tertiary alicyclic amines) is 1. The monoisotopic (exact) mass is 412 g/mol. The van der Waals surface area contributed by atoms with Gasteiger partial charge in [0.15, 0.2) is 6.29 Å². The fourth-order valence-electron chi connectivity index (χ4n) is 4.78. The summed E-state index contributed by atoms with van der Waals surface area (Å²) in [7, 11) is 0. The van der Waals surface area contributed by atoms with E-state index in [0.717, 1.165) is 24.9 Å². The predicted molar refractivity (Wildman–Crippen MR) is 122 cm³/mol. The smallest absolute Gasteiger partial charge is 0.224 e. The zero-order chi connectivity index (χ0) is 20.8. The minimum Gasteiger partial charge on any atom is -0.354 e. The lowest BCUT2D eigenvalue weighted by Gasteiger charge is -2.34. The molecule has 4 N–H and O–H groups in total. The summed E-state index contributed by atoms with van der Waals surface area (Å²) in [4.78, 5) is 18.4. The van der Waals surface area contributed by atoms with E-state index in [4.69, 9.17) is 10.7 Å². The van der Waals surface area contributed by atoms with Crippen molar-refractivity contribution >= 4 is 17.7 Å². The fraction of sp³-hybridized carbons (Fsp3) is 0.682. The molecular weight excluding hydrogens is 376 g/mol. The maximum atomic E-state index is 6.49. The van der Waals surface area contributed by atoms with Gasteiger partial charge in [0.2, 0.25) is 11.9 Å². The third-order valence-electron chi connectivity index (χ3n) is 6.44. The van der Waals surface area contributed by atoms with E-state index in [-0.39, 0.29) is 0 Å². The van der Waals surface area contributed by atoms with Crippen LogP contribution < -0.4 is 21.3 Å². The Balaban J connectivity index is 1.51. The Labute approximate surface area is 180 Å². The number of guanidine groups is 2. The number of nitrogens with one attached hydrogen (secondary N) is 2. The molecule has 1 saturated heterocycles.